The summed E-state index contributed by atoms with van der Waals surface area (Å²) in [7, 11) is 0. The van der Waals surface area contributed by atoms with Gasteiger partial charge in [-0.15, -0.1) is 11.3 Å². The molecule has 0 radical (unpaired) electrons. The van der Waals surface area contributed by atoms with Gasteiger partial charge in [-0.05, 0) is 49.1 Å². The van der Waals surface area contributed by atoms with Crippen LogP contribution in [0.4, 0.5) is 0 Å². The Morgan fingerprint density at radius 2 is 1.87 bits per heavy atom. The Balaban J connectivity index is 1.53. The van der Waals surface area contributed by atoms with Crippen molar-refractivity contribution in [2.24, 2.45) is 0 Å². The lowest BCUT2D eigenvalue weighted by molar-refractivity contribution is -0.122. The van der Waals surface area contributed by atoms with E-state index in [2.05, 4.69) is 36.3 Å². The highest BCUT2D eigenvalue weighted by atomic mass is 32.1. The van der Waals surface area contributed by atoms with Gasteiger partial charge in [0.15, 0.2) is 0 Å². The molecule has 6 heteroatoms. The third-order valence-electron chi connectivity index (χ3n) is 5.28. The Morgan fingerprint density at radius 3 is 2.60 bits per heavy atom. The summed E-state index contributed by atoms with van der Waals surface area (Å²) in [4.78, 5) is 30.8. The van der Waals surface area contributed by atoms with Crippen LogP contribution in [0.3, 0.4) is 0 Å². The van der Waals surface area contributed by atoms with E-state index < -0.39 is 0 Å². The summed E-state index contributed by atoms with van der Waals surface area (Å²) >= 11 is 1.40. The van der Waals surface area contributed by atoms with E-state index in [1.165, 1.54) is 33.4 Å². The van der Waals surface area contributed by atoms with Crippen molar-refractivity contribution < 1.29 is 4.79 Å². The first-order valence-corrected chi connectivity index (χ1v) is 10.6. The van der Waals surface area contributed by atoms with Gasteiger partial charge in [0.25, 0.3) is 5.56 Å². The molecule has 1 N–H and O–H groups in total. The molecule has 4 aromatic rings. The number of amides is 1. The molecule has 30 heavy (non-hydrogen) atoms. The van der Waals surface area contributed by atoms with Crippen molar-refractivity contribution in [3.8, 4) is 10.4 Å². The number of benzene rings is 2. The van der Waals surface area contributed by atoms with Crippen LogP contribution in [0.1, 0.15) is 29.7 Å². The van der Waals surface area contributed by atoms with E-state index >= 15 is 0 Å². The van der Waals surface area contributed by atoms with Crippen LogP contribution in [0.2, 0.25) is 0 Å². The van der Waals surface area contributed by atoms with Crippen molar-refractivity contribution in [2.75, 3.05) is 0 Å². The number of fused-ring (bicyclic) bond motifs is 1. The SMILES string of the molecule is Cc1ccc(C(C)NC(=O)Cn2cnc3cc(-c4ccccc4)sc3c2=O)cc1C. The molecule has 2 aromatic heterocycles. The second-order valence-electron chi connectivity index (χ2n) is 7.50. The van der Waals surface area contributed by atoms with Crippen molar-refractivity contribution >= 4 is 27.5 Å². The molecular formula is C24H23N3O2S. The van der Waals surface area contributed by atoms with Gasteiger partial charge in [0.2, 0.25) is 5.91 Å². The summed E-state index contributed by atoms with van der Waals surface area (Å²) in [5, 5.41) is 2.97. The van der Waals surface area contributed by atoms with Gasteiger partial charge in [-0.25, -0.2) is 4.98 Å². The van der Waals surface area contributed by atoms with Gasteiger partial charge in [0.1, 0.15) is 11.2 Å². The Morgan fingerprint density at radius 1 is 1.10 bits per heavy atom. The molecule has 0 saturated heterocycles. The lowest BCUT2D eigenvalue weighted by Crippen LogP contribution is -2.33. The van der Waals surface area contributed by atoms with E-state index in [-0.39, 0.29) is 24.1 Å². The minimum absolute atomic E-state index is 0.0600. The predicted molar refractivity (Wildman–Crippen MR) is 122 cm³/mol. The quantitative estimate of drug-likeness (QED) is 0.515. The van der Waals surface area contributed by atoms with E-state index in [0.29, 0.717) is 10.2 Å². The standard InChI is InChI=1S/C24H23N3O2S/c1-15-9-10-19(11-16(15)2)17(3)26-22(28)13-27-14-25-20-12-21(30-23(20)24(27)29)18-7-5-4-6-8-18/h4-12,14,17H,13H2,1-3H3,(H,26,28). The van der Waals surface area contributed by atoms with Crippen molar-refractivity contribution in [3.05, 3.63) is 88.0 Å². The van der Waals surface area contributed by atoms with Crippen LogP contribution in [0.15, 0.2) is 65.7 Å². The highest BCUT2D eigenvalue weighted by Crippen LogP contribution is 2.30. The Bertz CT molecular complexity index is 1270. The number of hydrogen-bond acceptors (Lipinski definition) is 4. The van der Waals surface area contributed by atoms with E-state index in [4.69, 9.17) is 0 Å². The van der Waals surface area contributed by atoms with Gasteiger partial charge in [0, 0.05) is 4.88 Å². The summed E-state index contributed by atoms with van der Waals surface area (Å²) in [5.41, 5.74) is 4.95. The molecule has 152 valence electrons. The molecule has 5 nitrogen and oxygen atoms in total. The average molecular weight is 418 g/mol. The number of rotatable bonds is 5. The summed E-state index contributed by atoms with van der Waals surface area (Å²) < 4.78 is 1.93. The molecule has 0 aliphatic rings. The zero-order chi connectivity index (χ0) is 21.3. The highest BCUT2D eigenvalue weighted by Gasteiger charge is 2.14. The van der Waals surface area contributed by atoms with E-state index in [0.717, 1.165) is 16.0 Å². The van der Waals surface area contributed by atoms with Crippen LogP contribution < -0.4 is 10.9 Å². The van der Waals surface area contributed by atoms with Crippen LogP contribution in [0.5, 0.6) is 0 Å². The number of aromatic nitrogens is 2. The number of aryl methyl sites for hydroxylation is 2. The fraction of sp³-hybridized carbons (Fsp3) is 0.208. The van der Waals surface area contributed by atoms with E-state index in [1.807, 2.05) is 49.4 Å². The van der Waals surface area contributed by atoms with Crippen LogP contribution in [-0.2, 0) is 11.3 Å². The first-order chi connectivity index (χ1) is 14.4. The van der Waals surface area contributed by atoms with Gasteiger partial charge in [-0.2, -0.15) is 0 Å². The second-order valence-corrected chi connectivity index (χ2v) is 8.55. The molecule has 0 spiro atoms. The first kappa shape index (κ1) is 20.0. The summed E-state index contributed by atoms with van der Waals surface area (Å²) in [5.74, 6) is -0.219. The number of hydrogen-bond donors (Lipinski definition) is 1. The maximum Gasteiger partial charge on any atom is 0.271 e. The molecule has 4 rings (SSSR count). The van der Waals surface area contributed by atoms with Crippen molar-refractivity contribution in [1.29, 1.82) is 0 Å². The zero-order valence-corrected chi connectivity index (χ0v) is 18.0. The lowest BCUT2D eigenvalue weighted by atomic mass is 10.0. The maximum absolute atomic E-state index is 12.9. The molecule has 0 saturated carbocycles. The molecule has 0 aliphatic carbocycles. The number of nitrogens with zero attached hydrogens (tertiary/aromatic N) is 2. The minimum atomic E-state index is -0.219. The Labute approximate surface area is 179 Å². The summed E-state index contributed by atoms with van der Waals surface area (Å²) in [6.07, 6.45) is 1.45. The van der Waals surface area contributed by atoms with Crippen molar-refractivity contribution in [3.63, 3.8) is 0 Å². The molecule has 1 amide bonds. The lowest BCUT2D eigenvalue weighted by Gasteiger charge is -2.16. The minimum Gasteiger partial charge on any atom is -0.348 e. The van der Waals surface area contributed by atoms with Gasteiger partial charge in [0.05, 0.1) is 17.9 Å². The average Bonchev–Trinajstić information content (AvgIpc) is 3.18. The maximum atomic E-state index is 12.9. The summed E-state index contributed by atoms with van der Waals surface area (Å²) in [6.45, 7) is 6.00. The molecule has 1 unspecified atom stereocenters. The fourth-order valence-corrected chi connectivity index (χ4v) is 4.43. The van der Waals surface area contributed by atoms with Gasteiger partial charge in [-0.3, -0.25) is 14.2 Å². The van der Waals surface area contributed by atoms with Crippen molar-refractivity contribution in [2.45, 2.75) is 33.4 Å². The fourth-order valence-electron chi connectivity index (χ4n) is 3.36. The van der Waals surface area contributed by atoms with Crippen LogP contribution >= 0.6 is 11.3 Å². The Hall–Kier alpha value is -3.25. The zero-order valence-electron chi connectivity index (χ0n) is 17.2. The van der Waals surface area contributed by atoms with E-state index in [1.54, 1.807) is 0 Å². The molecule has 0 bridgehead atoms. The molecule has 2 aromatic carbocycles. The number of carbonyl (C=O) groups excluding carboxylic acids is 1. The molecule has 2 heterocycles. The van der Waals surface area contributed by atoms with Crippen LogP contribution in [0.25, 0.3) is 20.7 Å². The van der Waals surface area contributed by atoms with Gasteiger partial charge >= 0.3 is 0 Å². The first-order valence-electron chi connectivity index (χ1n) is 9.83. The van der Waals surface area contributed by atoms with Gasteiger partial charge < -0.3 is 5.32 Å². The third kappa shape index (κ3) is 4.04. The predicted octanol–water partition coefficient (Wildman–Crippen LogP) is 4.62. The molecule has 0 fully saturated rings. The van der Waals surface area contributed by atoms with Gasteiger partial charge in [-0.1, -0.05) is 48.5 Å². The summed E-state index contributed by atoms with van der Waals surface area (Å²) in [6, 6.07) is 17.8. The number of nitrogens with one attached hydrogen (secondary N) is 1. The van der Waals surface area contributed by atoms with Crippen LogP contribution in [0, 0.1) is 13.8 Å². The second kappa shape index (κ2) is 8.24. The smallest absolute Gasteiger partial charge is 0.271 e. The molecule has 1 atom stereocenters. The third-order valence-corrected chi connectivity index (χ3v) is 6.45. The normalized spacial score (nSPS) is 12.1. The molecule has 0 aliphatic heterocycles. The largest absolute Gasteiger partial charge is 0.348 e. The van der Waals surface area contributed by atoms with Crippen LogP contribution in [-0.4, -0.2) is 15.5 Å². The monoisotopic (exact) mass is 417 g/mol. The topological polar surface area (TPSA) is 64.0 Å². The highest BCUT2D eigenvalue weighted by molar-refractivity contribution is 7.22. The Kier molecular flexibility index (Phi) is 5.50. The van der Waals surface area contributed by atoms with Crippen molar-refractivity contribution in [1.82, 2.24) is 14.9 Å². The van der Waals surface area contributed by atoms with E-state index in [9.17, 15) is 9.59 Å². The molecular weight excluding hydrogens is 394 g/mol. The number of thiophene rings is 1. The number of carbonyl (C=O) groups is 1.